The summed E-state index contributed by atoms with van der Waals surface area (Å²) in [4.78, 5) is 0.0350. The molecule has 1 aromatic carbocycles. The van der Waals surface area contributed by atoms with Crippen LogP contribution < -0.4 is 10.5 Å². The van der Waals surface area contributed by atoms with E-state index in [-0.39, 0.29) is 4.90 Å². The number of halogens is 1. The molecule has 0 aliphatic heterocycles. The second-order valence-corrected chi connectivity index (χ2v) is 5.05. The first-order valence-corrected chi connectivity index (χ1v) is 6.39. The number of benzene rings is 1. The largest absolute Gasteiger partial charge is 0.313 e. The molecule has 0 radical (unpaired) electrons. The predicted octanol–water partition coefficient (Wildman–Crippen LogP) is 1.10. The third-order valence-corrected chi connectivity index (χ3v) is 3.18. The molecular formula is C9H13ClN2O2S. The van der Waals surface area contributed by atoms with Crippen LogP contribution in [0.5, 0.6) is 0 Å². The zero-order chi connectivity index (χ0) is 11.5. The summed E-state index contributed by atoms with van der Waals surface area (Å²) in [6.45, 7) is 3.42. The van der Waals surface area contributed by atoms with Crippen LogP contribution in [-0.2, 0) is 16.6 Å². The molecule has 0 amide bonds. The number of hydrogen-bond acceptors (Lipinski definition) is 3. The molecule has 0 fully saturated rings. The van der Waals surface area contributed by atoms with Crippen molar-refractivity contribution in [3.05, 3.63) is 28.8 Å². The molecule has 0 saturated carbocycles. The van der Waals surface area contributed by atoms with Crippen LogP contribution in [0.2, 0.25) is 5.02 Å². The van der Waals surface area contributed by atoms with Crippen molar-refractivity contribution in [2.75, 3.05) is 6.54 Å². The Morgan fingerprint density at radius 1 is 1.47 bits per heavy atom. The lowest BCUT2D eigenvalue weighted by molar-refractivity contribution is 0.597. The Kier molecular flexibility index (Phi) is 4.10. The average molecular weight is 249 g/mol. The first-order valence-electron chi connectivity index (χ1n) is 4.47. The van der Waals surface area contributed by atoms with Gasteiger partial charge in [0.2, 0.25) is 10.0 Å². The standard InChI is InChI=1S/C9H13ClN2O2S/c1-2-12-6-7-3-4-8(5-9(7)10)15(11,13)14/h3-5,12H,2,6H2,1H3,(H2,11,13,14). The molecule has 0 aromatic heterocycles. The minimum atomic E-state index is -3.67. The van der Waals surface area contributed by atoms with Gasteiger partial charge in [0, 0.05) is 11.6 Å². The maximum Gasteiger partial charge on any atom is 0.238 e. The van der Waals surface area contributed by atoms with Gasteiger partial charge in [-0.3, -0.25) is 0 Å². The maximum atomic E-state index is 11.0. The van der Waals surface area contributed by atoms with Gasteiger partial charge in [0.1, 0.15) is 0 Å². The minimum absolute atomic E-state index is 0.0350. The fourth-order valence-corrected chi connectivity index (χ4v) is 1.96. The first kappa shape index (κ1) is 12.4. The van der Waals surface area contributed by atoms with Gasteiger partial charge in [-0.1, -0.05) is 24.6 Å². The molecule has 1 rings (SSSR count). The van der Waals surface area contributed by atoms with Gasteiger partial charge in [-0.2, -0.15) is 0 Å². The number of nitrogens with two attached hydrogens (primary N) is 1. The van der Waals surface area contributed by atoms with E-state index >= 15 is 0 Å². The SMILES string of the molecule is CCNCc1ccc(S(N)(=O)=O)cc1Cl. The van der Waals surface area contributed by atoms with Crippen molar-refractivity contribution in [1.29, 1.82) is 0 Å². The molecule has 0 unspecified atom stereocenters. The summed E-state index contributed by atoms with van der Waals surface area (Å²) in [5, 5.41) is 8.48. The Labute approximate surface area is 94.5 Å². The zero-order valence-electron chi connectivity index (χ0n) is 8.33. The van der Waals surface area contributed by atoms with Crippen LogP contribution in [0.4, 0.5) is 0 Å². The minimum Gasteiger partial charge on any atom is -0.313 e. The molecule has 4 nitrogen and oxygen atoms in total. The van der Waals surface area contributed by atoms with E-state index in [1.54, 1.807) is 6.07 Å². The molecular weight excluding hydrogens is 236 g/mol. The Morgan fingerprint density at radius 3 is 2.60 bits per heavy atom. The van der Waals surface area contributed by atoms with E-state index < -0.39 is 10.0 Å². The van der Waals surface area contributed by atoms with E-state index in [0.717, 1.165) is 12.1 Å². The third kappa shape index (κ3) is 3.46. The lowest BCUT2D eigenvalue weighted by Crippen LogP contribution is -2.14. The molecule has 0 saturated heterocycles. The molecule has 15 heavy (non-hydrogen) atoms. The highest BCUT2D eigenvalue weighted by molar-refractivity contribution is 7.89. The smallest absolute Gasteiger partial charge is 0.238 e. The molecule has 6 heteroatoms. The van der Waals surface area contributed by atoms with Gasteiger partial charge >= 0.3 is 0 Å². The summed E-state index contributed by atoms with van der Waals surface area (Å²) in [5.41, 5.74) is 0.853. The Balaban J connectivity index is 2.99. The molecule has 1 aromatic rings. The lowest BCUT2D eigenvalue weighted by Gasteiger charge is -2.06. The van der Waals surface area contributed by atoms with Crippen molar-refractivity contribution < 1.29 is 8.42 Å². The van der Waals surface area contributed by atoms with Crippen LogP contribution in [0.15, 0.2) is 23.1 Å². The summed E-state index contributed by atoms with van der Waals surface area (Å²) in [5.74, 6) is 0. The normalized spacial score (nSPS) is 11.7. The van der Waals surface area contributed by atoms with E-state index in [0.29, 0.717) is 11.6 Å². The van der Waals surface area contributed by atoms with Crippen molar-refractivity contribution in [2.45, 2.75) is 18.4 Å². The summed E-state index contributed by atoms with van der Waals surface area (Å²) in [7, 11) is -3.67. The van der Waals surface area contributed by atoms with Crippen molar-refractivity contribution in [3.8, 4) is 0 Å². The Morgan fingerprint density at radius 2 is 2.13 bits per heavy atom. The maximum absolute atomic E-state index is 11.0. The van der Waals surface area contributed by atoms with Crippen molar-refractivity contribution in [3.63, 3.8) is 0 Å². The Hall–Kier alpha value is -0.620. The van der Waals surface area contributed by atoms with Gasteiger partial charge < -0.3 is 5.32 Å². The lowest BCUT2D eigenvalue weighted by atomic mass is 10.2. The molecule has 0 aliphatic carbocycles. The Bertz CT molecular complexity index is 445. The second kappa shape index (κ2) is 4.94. The molecule has 0 atom stereocenters. The van der Waals surface area contributed by atoms with Crippen LogP contribution in [0.1, 0.15) is 12.5 Å². The number of hydrogen-bond donors (Lipinski definition) is 2. The predicted molar refractivity (Wildman–Crippen MR) is 60.2 cm³/mol. The molecule has 0 aliphatic rings. The summed E-state index contributed by atoms with van der Waals surface area (Å²) >= 11 is 5.91. The number of nitrogens with one attached hydrogen (secondary N) is 1. The summed E-state index contributed by atoms with van der Waals surface area (Å²) in [6.07, 6.45) is 0. The summed E-state index contributed by atoms with van der Waals surface area (Å²) in [6, 6.07) is 4.47. The highest BCUT2D eigenvalue weighted by Gasteiger charge is 2.09. The van der Waals surface area contributed by atoms with Gasteiger partial charge in [0.05, 0.1) is 4.90 Å². The zero-order valence-corrected chi connectivity index (χ0v) is 9.90. The average Bonchev–Trinajstić information content (AvgIpc) is 2.14. The van der Waals surface area contributed by atoms with E-state index in [9.17, 15) is 8.42 Å². The number of rotatable bonds is 4. The van der Waals surface area contributed by atoms with E-state index in [2.05, 4.69) is 5.32 Å². The van der Waals surface area contributed by atoms with Gasteiger partial charge in [0.15, 0.2) is 0 Å². The molecule has 84 valence electrons. The second-order valence-electron chi connectivity index (χ2n) is 3.08. The monoisotopic (exact) mass is 248 g/mol. The van der Waals surface area contributed by atoms with Crippen molar-refractivity contribution in [1.82, 2.24) is 5.32 Å². The molecule has 0 bridgehead atoms. The highest BCUT2D eigenvalue weighted by Crippen LogP contribution is 2.19. The van der Waals surface area contributed by atoms with Crippen LogP contribution in [0.25, 0.3) is 0 Å². The summed E-state index contributed by atoms with van der Waals surface area (Å²) < 4.78 is 22.0. The van der Waals surface area contributed by atoms with E-state index in [1.807, 2.05) is 6.92 Å². The van der Waals surface area contributed by atoms with E-state index in [4.69, 9.17) is 16.7 Å². The molecule has 3 N–H and O–H groups in total. The van der Waals surface area contributed by atoms with Crippen molar-refractivity contribution >= 4 is 21.6 Å². The fourth-order valence-electron chi connectivity index (χ4n) is 1.11. The highest BCUT2D eigenvalue weighted by atomic mass is 35.5. The van der Waals surface area contributed by atoms with Gasteiger partial charge in [0.25, 0.3) is 0 Å². The third-order valence-electron chi connectivity index (χ3n) is 1.92. The van der Waals surface area contributed by atoms with Crippen LogP contribution >= 0.6 is 11.6 Å². The quantitative estimate of drug-likeness (QED) is 0.838. The van der Waals surface area contributed by atoms with Gasteiger partial charge in [-0.15, -0.1) is 0 Å². The number of sulfonamides is 1. The topological polar surface area (TPSA) is 72.2 Å². The molecule has 0 spiro atoms. The van der Waals surface area contributed by atoms with Crippen LogP contribution in [-0.4, -0.2) is 15.0 Å². The fraction of sp³-hybridized carbons (Fsp3) is 0.333. The van der Waals surface area contributed by atoms with E-state index in [1.165, 1.54) is 12.1 Å². The molecule has 0 heterocycles. The van der Waals surface area contributed by atoms with Crippen LogP contribution in [0.3, 0.4) is 0 Å². The van der Waals surface area contributed by atoms with Crippen LogP contribution in [0, 0.1) is 0 Å². The van der Waals surface area contributed by atoms with Crippen molar-refractivity contribution in [2.24, 2.45) is 5.14 Å². The van der Waals surface area contributed by atoms with Gasteiger partial charge in [-0.25, -0.2) is 13.6 Å². The first-order chi connectivity index (χ1) is 6.95. The number of primary sulfonamides is 1. The van der Waals surface area contributed by atoms with Gasteiger partial charge in [-0.05, 0) is 24.2 Å².